The van der Waals surface area contributed by atoms with E-state index in [2.05, 4.69) is 5.32 Å². The number of carbonyl (C=O) groups excluding carboxylic acids is 1. The van der Waals surface area contributed by atoms with E-state index in [-0.39, 0.29) is 24.2 Å². The predicted molar refractivity (Wildman–Crippen MR) is 74.5 cm³/mol. The summed E-state index contributed by atoms with van der Waals surface area (Å²) in [7, 11) is 1.66. The van der Waals surface area contributed by atoms with E-state index in [0.29, 0.717) is 19.7 Å². The van der Waals surface area contributed by atoms with Crippen LogP contribution in [0.5, 0.6) is 0 Å². The smallest absolute Gasteiger partial charge is 0.224 e. The van der Waals surface area contributed by atoms with E-state index in [1.807, 2.05) is 31.2 Å². The molecule has 0 aromatic heterocycles. The number of benzene rings is 1. The molecular formula is C13H21ClN2O2. The van der Waals surface area contributed by atoms with E-state index >= 15 is 0 Å². The first-order valence-corrected chi connectivity index (χ1v) is 5.72. The maximum absolute atomic E-state index is 11.5. The number of methoxy groups -OCH3 is 1. The van der Waals surface area contributed by atoms with Crippen molar-refractivity contribution in [3.8, 4) is 0 Å². The number of hydrogen-bond acceptors (Lipinski definition) is 3. The molecular weight excluding hydrogens is 252 g/mol. The van der Waals surface area contributed by atoms with Crippen LogP contribution < -0.4 is 11.1 Å². The lowest BCUT2D eigenvalue weighted by molar-refractivity contribution is -0.124. The quantitative estimate of drug-likeness (QED) is 0.824. The first kappa shape index (κ1) is 16.9. The SMILES string of the molecule is COCc1cccc(CNC(=O)C(C)CN)c1.Cl. The van der Waals surface area contributed by atoms with Gasteiger partial charge in [-0.05, 0) is 11.1 Å². The largest absolute Gasteiger partial charge is 0.380 e. The van der Waals surface area contributed by atoms with Crippen molar-refractivity contribution in [3.05, 3.63) is 35.4 Å². The monoisotopic (exact) mass is 272 g/mol. The van der Waals surface area contributed by atoms with Crippen molar-refractivity contribution >= 4 is 18.3 Å². The summed E-state index contributed by atoms with van der Waals surface area (Å²) in [6.45, 7) is 3.30. The zero-order valence-electron chi connectivity index (χ0n) is 10.8. The van der Waals surface area contributed by atoms with Crippen LogP contribution in [0.1, 0.15) is 18.1 Å². The van der Waals surface area contributed by atoms with E-state index in [1.165, 1.54) is 0 Å². The molecule has 1 amide bonds. The molecule has 0 heterocycles. The van der Waals surface area contributed by atoms with E-state index in [0.717, 1.165) is 11.1 Å². The molecule has 0 spiro atoms. The van der Waals surface area contributed by atoms with Crippen LogP contribution in [0.25, 0.3) is 0 Å². The molecule has 1 unspecified atom stereocenters. The van der Waals surface area contributed by atoms with Gasteiger partial charge in [0.1, 0.15) is 0 Å². The van der Waals surface area contributed by atoms with Crippen molar-refractivity contribution in [1.82, 2.24) is 5.32 Å². The van der Waals surface area contributed by atoms with Crippen molar-refractivity contribution in [1.29, 1.82) is 0 Å². The minimum atomic E-state index is -0.142. The van der Waals surface area contributed by atoms with Gasteiger partial charge in [0.25, 0.3) is 0 Å². The third kappa shape index (κ3) is 5.49. The molecule has 1 aromatic rings. The Bertz CT molecular complexity index is 372. The molecule has 0 bridgehead atoms. The van der Waals surface area contributed by atoms with Gasteiger partial charge in [0.2, 0.25) is 5.91 Å². The van der Waals surface area contributed by atoms with Crippen LogP contribution in [-0.4, -0.2) is 19.6 Å². The van der Waals surface area contributed by atoms with Crippen LogP contribution in [0.3, 0.4) is 0 Å². The number of halogens is 1. The van der Waals surface area contributed by atoms with Gasteiger partial charge in [-0.1, -0.05) is 31.2 Å². The summed E-state index contributed by atoms with van der Waals surface area (Å²) in [5, 5.41) is 2.86. The Hall–Kier alpha value is -1.10. The minimum Gasteiger partial charge on any atom is -0.380 e. The van der Waals surface area contributed by atoms with Crippen molar-refractivity contribution < 1.29 is 9.53 Å². The highest BCUT2D eigenvalue weighted by Crippen LogP contribution is 2.06. The van der Waals surface area contributed by atoms with Gasteiger partial charge in [-0.15, -0.1) is 12.4 Å². The lowest BCUT2D eigenvalue weighted by atomic mass is 10.1. The minimum absolute atomic E-state index is 0. The van der Waals surface area contributed by atoms with Crippen molar-refractivity contribution in [3.63, 3.8) is 0 Å². The molecule has 0 saturated heterocycles. The van der Waals surface area contributed by atoms with Crippen molar-refractivity contribution in [2.24, 2.45) is 11.7 Å². The van der Waals surface area contributed by atoms with Crippen LogP contribution >= 0.6 is 12.4 Å². The summed E-state index contributed by atoms with van der Waals surface area (Å²) in [5.74, 6) is -0.151. The van der Waals surface area contributed by atoms with E-state index in [1.54, 1.807) is 7.11 Å². The van der Waals surface area contributed by atoms with Gasteiger partial charge in [-0.2, -0.15) is 0 Å². The summed E-state index contributed by atoms with van der Waals surface area (Å²) in [6, 6.07) is 7.96. The molecule has 0 fully saturated rings. The second-order valence-corrected chi connectivity index (χ2v) is 4.11. The average Bonchev–Trinajstić information content (AvgIpc) is 2.36. The van der Waals surface area contributed by atoms with Crippen LogP contribution in [0.15, 0.2) is 24.3 Å². The molecule has 0 aliphatic heterocycles. The molecule has 1 aromatic carbocycles. The molecule has 0 aliphatic carbocycles. The lowest BCUT2D eigenvalue weighted by Gasteiger charge is -2.10. The van der Waals surface area contributed by atoms with Gasteiger partial charge < -0.3 is 15.8 Å². The Balaban J connectivity index is 0.00000289. The number of carbonyl (C=O) groups is 1. The number of hydrogen-bond donors (Lipinski definition) is 2. The summed E-state index contributed by atoms with van der Waals surface area (Å²) < 4.78 is 5.06. The highest BCUT2D eigenvalue weighted by Gasteiger charge is 2.09. The molecule has 1 rings (SSSR count). The number of rotatable bonds is 6. The summed E-state index contributed by atoms with van der Waals surface area (Å²) in [6.07, 6.45) is 0. The highest BCUT2D eigenvalue weighted by molar-refractivity contribution is 5.85. The van der Waals surface area contributed by atoms with Crippen LogP contribution in [0, 0.1) is 5.92 Å². The Morgan fingerprint density at radius 1 is 1.44 bits per heavy atom. The predicted octanol–water partition coefficient (Wildman–Crippen LogP) is 1.47. The van der Waals surface area contributed by atoms with E-state index < -0.39 is 0 Å². The molecule has 0 radical (unpaired) electrons. The molecule has 102 valence electrons. The molecule has 4 nitrogen and oxygen atoms in total. The van der Waals surface area contributed by atoms with Crippen LogP contribution in [0.4, 0.5) is 0 Å². The number of nitrogens with two attached hydrogens (primary N) is 1. The Morgan fingerprint density at radius 3 is 2.72 bits per heavy atom. The molecule has 0 aliphatic rings. The number of ether oxygens (including phenoxy) is 1. The molecule has 5 heteroatoms. The van der Waals surface area contributed by atoms with Gasteiger partial charge in [-0.3, -0.25) is 4.79 Å². The lowest BCUT2D eigenvalue weighted by Crippen LogP contribution is -2.32. The fraction of sp³-hybridized carbons (Fsp3) is 0.462. The Morgan fingerprint density at radius 2 is 2.11 bits per heavy atom. The topological polar surface area (TPSA) is 64.3 Å². The van der Waals surface area contributed by atoms with E-state index in [9.17, 15) is 4.79 Å². The summed E-state index contributed by atoms with van der Waals surface area (Å²) in [4.78, 5) is 11.5. The number of amides is 1. The molecule has 3 N–H and O–H groups in total. The number of nitrogens with one attached hydrogen (secondary N) is 1. The van der Waals surface area contributed by atoms with Gasteiger partial charge in [-0.25, -0.2) is 0 Å². The average molecular weight is 273 g/mol. The van der Waals surface area contributed by atoms with Gasteiger partial charge in [0, 0.05) is 26.1 Å². The van der Waals surface area contributed by atoms with Gasteiger partial charge in [0.05, 0.1) is 6.61 Å². The Kier molecular flexibility index (Phi) is 8.37. The first-order chi connectivity index (χ1) is 8.17. The van der Waals surface area contributed by atoms with Crippen LogP contribution in [0.2, 0.25) is 0 Å². The fourth-order valence-corrected chi connectivity index (χ4v) is 1.47. The van der Waals surface area contributed by atoms with E-state index in [4.69, 9.17) is 10.5 Å². The van der Waals surface area contributed by atoms with Crippen molar-refractivity contribution in [2.45, 2.75) is 20.1 Å². The third-order valence-corrected chi connectivity index (χ3v) is 2.57. The van der Waals surface area contributed by atoms with Gasteiger partial charge >= 0.3 is 0 Å². The summed E-state index contributed by atoms with van der Waals surface area (Å²) >= 11 is 0. The maximum atomic E-state index is 11.5. The zero-order chi connectivity index (χ0) is 12.7. The normalized spacial score (nSPS) is 11.5. The van der Waals surface area contributed by atoms with Crippen molar-refractivity contribution in [2.75, 3.05) is 13.7 Å². The summed E-state index contributed by atoms with van der Waals surface area (Å²) in [5.41, 5.74) is 7.60. The second-order valence-electron chi connectivity index (χ2n) is 4.11. The van der Waals surface area contributed by atoms with Crippen LogP contribution in [-0.2, 0) is 22.7 Å². The van der Waals surface area contributed by atoms with Gasteiger partial charge in [0.15, 0.2) is 0 Å². The second kappa shape index (κ2) is 8.91. The fourth-order valence-electron chi connectivity index (χ4n) is 1.47. The first-order valence-electron chi connectivity index (χ1n) is 5.72. The highest BCUT2D eigenvalue weighted by atomic mass is 35.5. The molecule has 18 heavy (non-hydrogen) atoms. The third-order valence-electron chi connectivity index (χ3n) is 2.57. The standard InChI is InChI=1S/C13H20N2O2.ClH/c1-10(7-14)13(16)15-8-11-4-3-5-12(6-11)9-17-2;/h3-6,10H,7-9,14H2,1-2H3,(H,15,16);1H. The molecule has 0 saturated carbocycles. The Labute approximate surface area is 114 Å². The molecule has 1 atom stereocenters. The zero-order valence-corrected chi connectivity index (χ0v) is 11.6. The maximum Gasteiger partial charge on any atom is 0.224 e.